The van der Waals surface area contributed by atoms with Crippen LogP contribution < -0.4 is 16.0 Å². The molecule has 2 amide bonds. The number of carbonyl (C=O) groups excluding carboxylic acids is 2. The number of likely N-dealkylation sites (tertiary alicyclic amines) is 1. The second-order valence-electron chi connectivity index (χ2n) is 12.0. The van der Waals surface area contributed by atoms with Crippen molar-refractivity contribution in [1.29, 1.82) is 0 Å². The highest BCUT2D eigenvalue weighted by Gasteiger charge is 2.30. The Balaban J connectivity index is 1.26. The molecule has 1 unspecified atom stereocenters. The molecule has 0 saturated carbocycles. The van der Waals surface area contributed by atoms with Crippen molar-refractivity contribution in [2.75, 3.05) is 62.9 Å². The first kappa shape index (κ1) is 31.3. The van der Waals surface area contributed by atoms with Gasteiger partial charge in [0.2, 0.25) is 23.7 Å². The van der Waals surface area contributed by atoms with E-state index in [0.717, 1.165) is 18.4 Å². The number of anilines is 3. The van der Waals surface area contributed by atoms with E-state index >= 15 is 0 Å². The predicted molar refractivity (Wildman–Crippen MR) is 167 cm³/mol. The summed E-state index contributed by atoms with van der Waals surface area (Å²) in [7, 11) is 3.86. The molecule has 2 aliphatic rings. The van der Waals surface area contributed by atoms with E-state index in [9.17, 15) is 14.0 Å². The van der Waals surface area contributed by atoms with Crippen molar-refractivity contribution in [2.24, 2.45) is 5.92 Å². The summed E-state index contributed by atoms with van der Waals surface area (Å²) in [5, 5.41) is 14.1. The monoisotopic (exact) mass is 607 g/mol. The van der Waals surface area contributed by atoms with E-state index in [0.29, 0.717) is 68.1 Å². The van der Waals surface area contributed by atoms with E-state index in [1.165, 1.54) is 6.07 Å². The number of hydrogen-bond acceptors (Lipinski definition) is 9. The van der Waals surface area contributed by atoms with Crippen LogP contribution in [0.25, 0.3) is 5.65 Å². The molecule has 0 aliphatic carbocycles. The van der Waals surface area contributed by atoms with Crippen LogP contribution in [0.5, 0.6) is 0 Å². The molecule has 1 atom stereocenters. The largest absolute Gasteiger partial charge is 0.381 e. The lowest BCUT2D eigenvalue weighted by Gasteiger charge is -2.23. The second-order valence-corrected chi connectivity index (χ2v) is 12.0. The van der Waals surface area contributed by atoms with Crippen LogP contribution in [0.1, 0.15) is 50.2 Å². The van der Waals surface area contributed by atoms with Gasteiger partial charge in [-0.3, -0.25) is 9.59 Å². The van der Waals surface area contributed by atoms with Crippen LogP contribution in [-0.4, -0.2) is 94.2 Å². The number of likely N-dealkylation sites (N-methyl/N-ethyl adjacent to an activating group) is 1. The molecule has 3 aromatic rings. The van der Waals surface area contributed by atoms with Crippen molar-refractivity contribution < 1.29 is 18.7 Å². The SMILES string of the molecule is CC(C)c1cnn2c(NCc3cc(NC(=O)C4CCN(C(=O)/C=C/CN(C)C)C4)ccc3F)nc(NC3CCOCC3)nc12. The summed E-state index contributed by atoms with van der Waals surface area (Å²) in [6, 6.07) is 4.70. The summed E-state index contributed by atoms with van der Waals surface area (Å²) in [5.74, 6) is 0.0786. The Kier molecular flexibility index (Phi) is 10.1. The highest BCUT2D eigenvalue weighted by Crippen LogP contribution is 2.25. The third kappa shape index (κ3) is 7.69. The number of fused-ring (bicyclic) bond motifs is 1. The lowest BCUT2D eigenvalue weighted by atomic mass is 10.1. The molecule has 13 heteroatoms. The van der Waals surface area contributed by atoms with Crippen molar-refractivity contribution in [3.63, 3.8) is 0 Å². The number of ether oxygens (including phenoxy) is 1. The number of benzene rings is 1. The van der Waals surface area contributed by atoms with Crippen LogP contribution in [0.2, 0.25) is 0 Å². The Labute approximate surface area is 257 Å². The number of halogens is 1. The van der Waals surface area contributed by atoms with E-state index in [-0.39, 0.29) is 36.2 Å². The van der Waals surface area contributed by atoms with Crippen LogP contribution in [-0.2, 0) is 20.9 Å². The topological polar surface area (TPSA) is 129 Å². The summed E-state index contributed by atoms with van der Waals surface area (Å²) in [6.07, 6.45) is 7.45. The minimum Gasteiger partial charge on any atom is -0.381 e. The average molecular weight is 608 g/mol. The van der Waals surface area contributed by atoms with E-state index in [4.69, 9.17) is 9.72 Å². The molecule has 4 heterocycles. The minimum absolute atomic E-state index is 0.0973. The number of hydrogen-bond donors (Lipinski definition) is 3. The van der Waals surface area contributed by atoms with Gasteiger partial charge in [0.05, 0.1) is 12.1 Å². The smallest absolute Gasteiger partial charge is 0.246 e. The zero-order valence-electron chi connectivity index (χ0n) is 25.8. The maximum atomic E-state index is 14.9. The summed E-state index contributed by atoms with van der Waals surface area (Å²) in [4.78, 5) is 38.6. The Hall–Kier alpha value is -4.10. The number of nitrogens with zero attached hydrogens (tertiary/aromatic N) is 6. The number of carbonyl (C=O) groups is 2. The highest BCUT2D eigenvalue weighted by molar-refractivity contribution is 5.94. The van der Waals surface area contributed by atoms with E-state index in [1.807, 2.05) is 25.1 Å². The maximum absolute atomic E-state index is 14.9. The molecule has 2 saturated heterocycles. The van der Waals surface area contributed by atoms with Gasteiger partial charge in [-0.25, -0.2) is 4.39 Å². The van der Waals surface area contributed by atoms with Gasteiger partial charge < -0.3 is 30.5 Å². The standard InChI is InChI=1S/C31H42FN9O3/c1-20(2)25-18-34-41-28(25)37-30(36-23-10-14-44-15-11-23)38-31(41)33-17-22-16-24(7-8-26(22)32)35-29(43)21-9-13-40(19-21)27(42)6-5-12-39(3)4/h5-8,16,18,20-21,23H,9-15,17,19H2,1-4H3,(H,35,43)(H2,33,36,37,38)/b6-5+. The van der Waals surface area contributed by atoms with Crippen molar-refractivity contribution in [1.82, 2.24) is 29.4 Å². The Morgan fingerprint density at radius 3 is 2.73 bits per heavy atom. The molecule has 3 N–H and O–H groups in total. The minimum atomic E-state index is -0.410. The van der Waals surface area contributed by atoms with Crippen LogP contribution in [0, 0.1) is 11.7 Å². The molecule has 2 aromatic heterocycles. The Bertz CT molecular complexity index is 1500. The quantitative estimate of drug-likeness (QED) is 0.281. The van der Waals surface area contributed by atoms with Crippen LogP contribution in [0.15, 0.2) is 36.5 Å². The summed E-state index contributed by atoms with van der Waals surface area (Å²) >= 11 is 0. The highest BCUT2D eigenvalue weighted by atomic mass is 19.1. The van der Waals surface area contributed by atoms with Gasteiger partial charge in [-0.15, -0.1) is 0 Å². The third-order valence-corrected chi connectivity index (χ3v) is 7.92. The van der Waals surface area contributed by atoms with Crippen molar-refractivity contribution in [3.8, 4) is 0 Å². The number of nitrogens with one attached hydrogen (secondary N) is 3. The fraction of sp³-hybridized carbons (Fsp3) is 0.516. The van der Waals surface area contributed by atoms with Gasteiger partial charge in [0, 0.05) is 68.3 Å². The van der Waals surface area contributed by atoms with Gasteiger partial charge in [-0.2, -0.15) is 19.6 Å². The number of rotatable bonds is 11. The van der Waals surface area contributed by atoms with Gasteiger partial charge in [0.1, 0.15) is 5.82 Å². The summed E-state index contributed by atoms with van der Waals surface area (Å²) in [5.41, 5.74) is 2.52. The van der Waals surface area contributed by atoms with Crippen LogP contribution >= 0.6 is 0 Å². The van der Waals surface area contributed by atoms with Crippen LogP contribution in [0.4, 0.5) is 22.0 Å². The van der Waals surface area contributed by atoms with E-state index in [2.05, 4.69) is 39.9 Å². The van der Waals surface area contributed by atoms with Crippen molar-refractivity contribution in [2.45, 2.75) is 51.6 Å². The van der Waals surface area contributed by atoms with Crippen LogP contribution in [0.3, 0.4) is 0 Å². The normalized spacial score (nSPS) is 17.7. The fourth-order valence-corrected chi connectivity index (χ4v) is 5.36. The van der Waals surface area contributed by atoms with Gasteiger partial charge >= 0.3 is 0 Å². The molecule has 2 aliphatic heterocycles. The maximum Gasteiger partial charge on any atom is 0.246 e. The number of amides is 2. The van der Waals surface area contributed by atoms with Crippen molar-refractivity contribution in [3.05, 3.63) is 53.5 Å². The fourth-order valence-electron chi connectivity index (χ4n) is 5.36. The zero-order chi connectivity index (χ0) is 31.2. The molecule has 5 rings (SSSR count). The molecule has 236 valence electrons. The zero-order valence-corrected chi connectivity index (χ0v) is 25.8. The van der Waals surface area contributed by atoms with Gasteiger partial charge in [0.25, 0.3) is 0 Å². The first-order chi connectivity index (χ1) is 21.2. The molecule has 1 aromatic carbocycles. The number of aromatic nitrogens is 4. The first-order valence-electron chi connectivity index (χ1n) is 15.2. The van der Waals surface area contributed by atoms with Gasteiger partial charge in [-0.05, 0) is 57.5 Å². The summed E-state index contributed by atoms with van der Waals surface area (Å²) < 4.78 is 22.0. The third-order valence-electron chi connectivity index (χ3n) is 7.92. The summed E-state index contributed by atoms with van der Waals surface area (Å²) in [6.45, 7) is 7.19. The van der Waals surface area contributed by atoms with Gasteiger partial charge in [0.15, 0.2) is 5.65 Å². The van der Waals surface area contributed by atoms with E-state index in [1.54, 1.807) is 33.8 Å². The van der Waals surface area contributed by atoms with Gasteiger partial charge in [-0.1, -0.05) is 19.9 Å². The molecule has 0 spiro atoms. The molecule has 0 bridgehead atoms. The Morgan fingerprint density at radius 1 is 1.18 bits per heavy atom. The molecular weight excluding hydrogens is 565 g/mol. The lowest BCUT2D eigenvalue weighted by Crippen LogP contribution is -2.30. The van der Waals surface area contributed by atoms with Crippen molar-refractivity contribution >= 4 is 35.0 Å². The lowest BCUT2D eigenvalue weighted by molar-refractivity contribution is -0.125. The first-order valence-corrected chi connectivity index (χ1v) is 15.2. The Morgan fingerprint density at radius 2 is 1.98 bits per heavy atom. The average Bonchev–Trinajstić information content (AvgIpc) is 3.66. The molecule has 0 radical (unpaired) electrons. The second kappa shape index (κ2) is 14.1. The molecule has 2 fully saturated rings. The molecule has 44 heavy (non-hydrogen) atoms. The molecule has 12 nitrogen and oxygen atoms in total. The van der Waals surface area contributed by atoms with E-state index < -0.39 is 5.82 Å². The predicted octanol–water partition coefficient (Wildman–Crippen LogP) is 3.49. The molecular formula is C31H42FN9O3.